The maximum absolute atomic E-state index is 10.7. The minimum Gasteiger partial charge on any atom is -0.369 e. The molecule has 0 aromatic rings. The third kappa shape index (κ3) is 3.90. The van der Waals surface area contributed by atoms with Gasteiger partial charge in [-0.2, -0.15) is 5.26 Å². The van der Waals surface area contributed by atoms with Gasteiger partial charge in [-0.3, -0.25) is 9.69 Å². The molecule has 0 aliphatic carbocycles. The topological polar surface area (TPSA) is 70.1 Å². The zero-order valence-electron chi connectivity index (χ0n) is 8.45. The summed E-state index contributed by atoms with van der Waals surface area (Å²) in [6, 6.07) is 2.11. The van der Waals surface area contributed by atoms with Crippen LogP contribution >= 0.6 is 0 Å². The summed E-state index contributed by atoms with van der Waals surface area (Å²) in [5.41, 5.74) is 5.09. The molecule has 0 heterocycles. The predicted molar refractivity (Wildman–Crippen MR) is 50.7 cm³/mol. The van der Waals surface area contributed by atoms with Crippen molar-refractivity contribution in [3.63, 3.8) is 0 Å². The van der Waals surface area contributed by atoms with E-state index in [4.69, 9.17) is 11.0 Å². The molecule has 13 heavy (non-hydrogen) atoms. The van der Waals surface area contributed by atoms with Crippen LogP contribution in [0.4, 0.5) is 0 Å². The summed E-state index contributed by atoms with van der Waals surface area (Å²) in [6.45, 7) is 5.97. The average molecular weight is 183 g/mol. The van der Waals surface area contributed by atoms with Crippen LogP contribution in [-0.4, -0.2) is 29.4 Å². The number of carbonyl (C=O) groups excluding carboxylic acids is 1. The average Bonchev–Trinajstić information content (AvgIpc) is 2.04. The molecule has 0 saturated heterocycles. The maximum Gasteiger partial charge on any atom is 0.231 e. The molecule has 1 unspecified atom stereocenters. The Kier molecular flexibility index (Phi) is 5.09. The van der Waals surface area contributed by atoms with Crippen LogP contribution in [0.1, 0.15) is 27.2 Å². The number of amides is 1. The van der Waals surface area contributed by atoms with E-state index < -0.39 is 0 Å². The van der Waals surface area contributed by atoms with Gasteiger partial charge in [0, 0.05) is 6.04 Å². The number of nitriles is 1. The molecule has 0 fully saturated rings. The molecule has 0 bridgehead atoms. The maximum atomic E-state index is 10.7. The van der Waals surface area contributed by atoms with Gasteiger partial charge in [-0.05, 0) is 20.3 Å². The quantitative estimate of drug-likeness (QED) is 0.674. The zero-order valence-corrected chi connectivity index (χ0v) is 8.45. The van der Waals surface area contributed by atoms with E-state index in [-0.39, 0.29) is 24.5 Å². The van der Waals surface area contributed by atoms with Gasteiger partial charge in [0.05, 0.1) is 18.7 Å². The normalized spacial score (nSPS) is 12.9. The number of hydrogen-bond acceptors (Lipinski definition) is 3. The van der Waals surface area contributed by atoms with Crippen LogP contribution in [0.5, 0.6) is 0 Å². The van der Waals surface area contributed by atoms with Crippen molar-refractivity contribution < 1.29 is 4.79 Å². The molecule has 0 aromatic carbocycles. The van der Waals surface area contributed by atoms with Gasteiger partial charge < -0.3 is 5.73 Å². The van der Waals surface area contributed by atoms with Crippen molar-refractivity contribution in [2.45, 2.75) is 39.3 Å². The Morgan fingerprint density at radius 3 is 2.38 bits per heavy atom. The van der Waals surface area contributed by atoms with Crippen molar-refractivity contribution in [1.29, 1.82) is 5.26 Å². The molecular weight excluding hydrogens is 166 g/mol. The molecule has 4 nitrogen and oxygen atoms in total. The molecule has 0 radical (unpaired) electrons. The highest BCUT2D eigenvalue weighted by molar-refractivity contribution is 5.76. The van der Waals surface area contributed by atoms with Crippen molar-refractivity contribution >= 4 is 5.91 Å². The van der Waals surface area contributed by atoms with Crippen LogP contribution in [-0.2, 0) is 4.79 Å². The molecule has 1 atom stereocenters. The van der Waals surface area contributed by atoms with Crippen LogP contribution in [0, 0.1) is 11.3 Å². The Bertz CT molecular complexity index is 207. The molecule has 2 N–H and O–H groups in total. The first-order chi connectivity index (χ1) is 6.02. The van der Waals surface area contributed by atoms with E-state index in [1.165, 1.54) is 0 Å². The predicted octanol–water partition coefficient (Wildman–Crippen LogP) is 0.484. The SMILES string of the molecule is CCC(C#N)N(CC(N)=O)C(C)C. The van der Waals surface area contributed by atoms with E-state index in [2.05, 4.69) is 6.07 Å². The number of primary amides is 1. The second-order valence-electron chi connectivity index (χ2n) is 3.29. The third-order valence-corrected chi connectivity index (χ3v) is 1.94. The summed E-state index contributed by atoms with van der Waals surface area (Å²) in [6.07, 6.45) is 0.710. The second-order valence-corrected chi connectivity index (χ2v) is 3.29. The summed E-state index contributed by atoms with van der Waals surface area (Å²) in [7, 11) is 0. The molecule has 0 aliphatic rings. The summed E-state index contributed by atoms with van der Waals surface area (Å²) in [5, 5.41) is 8.81. The van der Waals surface area contributed by atoms with Crippen molar-refractivity contribution in [1.82, 2.24) is 4.90 Å². The van der Waals surface area contributed by atoms with Crippen LogP contribution in [0.25, 0.3) is 0 Å². The van der Waals surface area contributed by atoms with Gasteiger partial charge in [-0.15, -0.1) is 0 Å². The highest BCUT2D eigenvalue weighted by Crippen LogP contribution is 2.07. The largest absolute Gasteiger partial charge is 0.369 e. The highest BCUT2D eigenvalue weighted by atomic mass is 16.1. The minimum atomic E-state index is -0.387. The van der Waals surface area contributed by atoms with Gasteiger partial charge >= 0.3 is 0 Å². The van der Waals surface area contributed by atoms with Crippen LogP contribution in [0.2, 0.25) is 0 Å². The van der Waals surface area contributed by atoms with Gasteiger partial charge in [0.25, 0.3) is 0 Å². The third-order valence-electron chi connectivity index (χ3n) is 1.94. The van der Waals surface area contributed by atoms with Gasteiger partial charge in [-0.25, -0.2) is 0 Å². The minimum absolute atomic E-state index is 0.156. The van der Waals surface area contributed by atoms with Crippen LogP contribution < -0.4 is 5.73 Å². The lowest BCUT2D eigenvalue weighted by Crippen LogP contribution is -2.44. The van der Waals surface area contributed by atoms with Crippen LogP contribution in [0.3, 0.4) is 0 Å². The molecule has 74 valence electrons. The van der Waals surface area contributed by atoms with Gasteiger partial charge in [0.15, 0.2) is 0 Å². The fourth-order valence-electron chi connectivity index (χ4n) is 1.23. The van der Waals surface area contributed by atoms with E-state index in [1.54, 1.807) is 0 Å². The fourth-order valence-corrected chi connectivity index (χ4v) is 1.23. The monoisotopic (exact) mass is 183 g/mol. The zero-order chi connectivity index (χ0) is 10.4. The second kappa shape index (κ2) is 5.55. The first-order valence-electron chi connectivity index (χ1n) is 4.46. The lowest BCUT2D eigenvalue weighted by molar-refractivity contribution is -0.119. The molecule has 0 saturated carbocycles. The number of carbonyl (C=O) groups is 1. The first kappa shape index (κ1) is 11.9. The Labute approximate surface area is 79.3 Å². The number of nitrogens with zero attached hydrogens (tertiary/aromatic N) is 2. The molecule has 0 spiro atoms. The Balaban J connectivity index is 4.41. The standard InChI is InChI=1S/C9H17N3O/c1-4-8(5-10)12(7(2)3)6-9(11)13/h7-8H,4,6H2,1-3H3,(H2,11,13). The molecule has 0 aliphatic heterocycles. The molecular formula is C9H17N3O. The van der Waals surface area contributed by atoms with Gasteiger partial charge in [-0.1, -0.05) is 6.92 Å². The van der Waals surface area contributed by atoms with Crippen molar-refractivity contribution in [2.24, 2.45) is 5.73 Å². The smallest absolute Gasteiger partial charge is 0.231 e. The van der Waals surface area contributed by atoms with Gasteiger partial charge in [0.2, 0.25) is 5.91 Å². The molecule has 0 rings (SSSR count). The lowest BCUT2D eigenvalue weighted by Gasteiger charge is -2.28. The van der Waals surface area contributed by atoms with Crippen molar-refractivity contribution in [3.05, 3.63) is 0 Å². The number of hydrogen-bond donors (Lipinski definition) is 1. The molecule has 4 heteroatoms. The van der Waals surface area contributed by atoms with Crippen molar-refractivity contribution in [3.8, 4) is 6.07 Å². The lowest BCUT2D eigenvalue weighted by atomic mass is 10.1. The van der Waals surface area contributed by atoms with E-state index in [0.29, 0.717) is 6.42 Å². The molecule has 0 aromatic heterocycles. The molecule has 1 amide bonds. The summed E-state index contributed by atoms with van der Waals surface area (Å²) in [5.74, 6) is -0.387. The van der Waals surface area contributed by atoms with Crippen LogP contribution in [0.15, 0.2) is 0 Å². The Hall–Kier alpha value is -1.08. The summed E-state index contributed by atoms with van der Waals surface area (Å²) >= 11 is 0. The summed E-state index contributed by atoms with van der Waals surface area (Å²) in [4.78, 5) is 12.5. The van der Waals surface area contributed by atoms with E-state index in [1.807, 2.05) is 25.7 Å². The van der Waals surface area contributed by atoms with E-state index in [9.17, 15) is 4.79 Å². The van der Waals surface area contributed by atoms with Crippen molar-refractivity contribution in [2.75, 3.05) is 6.54 Å². The number of nitrogens with two attached hydrogens (primary N) is 1. The Morgan fingerprint density at radius 2 is 2.15 bits per heavy atom. The fraction of sp³-hybridized carbons (Fsp3) is 0.778. The Morgan fingerprint density at radius 1 is 1.62 bits per heavy atom. The first-order valence-corrected chi connectivity index (χ1v) is 4.46. The number of rotatable bonds is 5. The summed E-state index contributed by atoms with van der Waals surface area (Å²) < 4.78 is 0. The highest BCUT2D eigenvalue weighted by Gasteiger charge is 2.20. The van der Waals surface area contributed by atoms with E-state index in [0.717, 1.165) is 0 Å². The van der Waals surface area contributed by atoms with E-state index >= 15 is 0 Å². The van der Waals surface area contributed by atoms with Gasteiger partial charge in [0.1, 0.15) is 0 Å².